The highest BCUT2D eigenvalue weighted by Gasteiger charge is 2.19. The van der Waals surface area contributed by atoms with Crippen molar-refractivity contribution in [2.45, 2.75) is 17.9 Å². The Morgan fingerprint density at radius 3 is 2.48 bits per heavy atom. The van der Waals surface area contributed by atoms with Gasteiger partial charge in [0.15, 0.2) is 0 Å². The molecule has 0 aromatic heterocycles. The molecule has 112 valence electrons. The third-order valence-electron chi connectivity index (χ3n) is 2.83. The van der Waals surface area contributed by atoms with Gasteiger partial charge in [-0.25, -0.2) is 8.78 Å². The number of hydrogen-bond donors (Lipinski definition) is 1. The van der Waals surface area contributed by atoms with Crippen LogP contribution in [0, 0.1) is 11.6 Å². The zero-order chi connectivity index (χ0) is 15.4. The van der Waals surface area contributed by atoms with Crippen LogP contribution in [-0.4, -0.2) is 17.8 Å². The van der Waals surface area contributed by atoms with Crippen molar-refractivity contribution in [2.75, 3.05) is 10.9 Å². The molecule has 2 aromatic carbocycles. The van der Waals surface area contributed by atoms with Gasteiger partial charge >= 0.3 is 0 Å². The molecular formula is C15H14ClF2NOS. The second kappa shape index (κ2) is 7.11. The number of rotatable bonds is 5. The topological polar surface area (TPSA) is 23.5 Å². The van der Waals surface area contributed by atoms with Gasteiger partial charge in [0.05, 0.1) is 18.3 Å². The highest BCUT2D eigenvalue weighted by atomic mass is 35.5. The Kier molecular flexibility index (Phi) is 5.45. The SMILES string of the molecule is CC(CO)N(Sc1ccc(Cl)cc1)c1cc(F)ccc1F. The molecule has 2 rings (SSSR count). The minimum atomic E-state index is -0.543. The van der Waals surface area contributed by atoms with Crippen molar-refractivity contribution < 1.29 is 13.9 Å². The van der Waals surface area contributed by atoms with Gasteiger partial charge in [0.1, 0.15) is 11.6 Å². The van der Waals surface area contributed by atoms with E-state index in [-0.39, 0.29) is 18.3 Å². The van der Waals surface area contributed by atoms with Crippen LogP contribution in [0.4, 0.5) is 14.5 Å². The zero-order valence-electron chi connectivity index (χ0n) is 11.3. The first-order chi connectivity index (χ1) is 10.0. The fourth-order valence-electron chi connectivity index (χ4n) is 1.71. The summed E-state index contributed by atoms with van der Waals surface area (Å²) in [5.74, 6) is -1.07. The van der Waals surface area contributed by atoms with Crippen molar-refractivity contribution in [2.24, 2.45) is 0 Å². The van der Waals surface area contributed by atoms with Gasteiger partial charge < -0.3 is 9.41 Å². The Bertz CT molecular complexity index is 609. The van der Waals surface area contributed by atoms with Gasteiger partial charge in [0.25, 0.3) is 0 Å². The van der Waals surface area contributed by atoms with Crippen LogP contribution in [0.5, 0.6) is 0 Å². The van der Waals surface area contributed by atoms with E-state index in [0.717, 1.165) is 23.1 Å². The first-order valence-corrected chi connectivity index (χ1v) is 7.45. The van der Waals surface area contributed by atoms with Gasteiger partial charge in [0.2, 0.25) is 0 Å². The molecule has 6 heteroatoms. The van der Waals surface area contributed by atoms with Gasteiger partial charge in [-0.3, -0.25) is 0 Å². The van der Waals surface area contributed by atoms with Crippen LogP contribution >= 0.6 is 23.5 Å². The lowest BCUT2D eigenvalue weighted by atomic mass is 10.2. The van der Waals surface area contributed by atoms with Gasteiger partial charge in [-0.15, -0.1) is 0 Å². The number of benzene rings is 2. The summed E-state index contributed by atoms with van der Waals surface area (Å²) in [5, 5.41) is 9.95. The van der Waals surface area contributed by atoms with Crippen LogP contribution in [0.15, 0.2) is 47.4 Å². The maximum Gasteiger partial charge on any atom is 0.147 e. The largest absolute Gasteiger partial charge is 0.394 e. The highest BCUT2D eigenvalue weighted by molar-refractivity contribution is 8.00. The van der Waals surface area contributed by atoms with E-state index in [0.29, 0.717) is 5.02 Å². The monoisotopic (exact) mass is 329 g/mol. The molecule has 1 unspecified atom stereocenters. The van der Waals surface area contributed by atoms with E-state index in [1.165, 1.54) is 11.9 Å². The molecule has 0 amide bonds. The molecule has 0 aliphatic carbocycles. The van der Waals surface area contributed by atoms with Gasteiger partial charge in [0, 0.05) is 16.0 Å². The summed E-state index contributed by atoms with van der Waals surface area (Å²) in [5.41, 5.74) is 0.0940. The van der Waals surface area contributed by atoms with E-state index in [9.17, 15) is 13.9 Å². The molecular weight excluding hydrogens is 316 g/mol. The number of anilines is 1. The number of halogens is 3. The van der Waals surface area contributed by atoms with E-state index >= 15 is 0 Å². The molecule has 0 fully saturated rings. The lowest BCUT2D eigenvalue weighted by molar-refractivity contribution is 0.275. The lowest BCUT2D eigenvalue weighted by Crippen LogP contribution is -2.30. The maximum absolute atomic E-state index is 14.0. The van der Waals surface area contributed by atoms with Crippen molar-refractivity contribution in [3.05, 3.63) is 59.1 Å². The molecule has 2 nitrogen and oxygen atoms in total. The van der Waals surface area contributed by atoms with Gasteiger partial charge in [-0.05, 0) is 55.3 Å². The predicted octanol–water partition coefficient (Wildman–Crippen LogP) is 4.51. The van der Waals surface area contributed by atoms with Crippen molar-refractivity contribution in [3.8, 4) is 0 Å². The molecule has 0 heterocycles. The van der Waals surface area contributed by atoms with Crippen molar-refractivity contribution in [1.82, 2.24) is 0 Å². The molecule has 0 radical (unpaired) electrons. The maximum atomic E-state index is 14.0. The van der Waals surface area contributed by atoms with Crippen molar-refractivity contribution in [1.29, 1.82) is 0 Å². The van der Waals surface area contributed by atoms with Crippen LogP contribution in [0.1, 0.15) is 6.92 Å². The Hall–Kier alpha value is -1.30. The summed E-state index contributed by atoms with van der Waals surface area (Å²) in [7, 11) is 0. The second-order valence-corrected chi connectivity index (χ2v) is 5.98. The molecule has 0 aliphatic heterocycles. The molecule has 0 saturated carbocycles. The number of aliphatic hydroxyl groups is 1. The quantitative estimate of drug-likeness (QED) is 0.816. The van der Waals surface area contributed by atoms with Crippen molar-refractivity contribution in [3.63, 3.8) is 0 Å². The van der Waals surface area contributed by atoms with Gasteiger partial charge in [-0.2, -0.15) is 0 Å². The number of aliphatic hydroxyl groups excluding tert-OH is 1. The lowest BCUT2D eigenvalue weighted by Gasteiger charge is -2.29. The third-order valence-corrected chi connectivity index (χ3v) is 4.32. The van der Waals surface area contributed by atoms with Crippen LogP contribution in [0.2, 0.25) is 5.02 Å². The molecule has 2 aromatic rings. The standard InChI is InChI=1S/C15H14ClF2NOS/c1-10(9-20)19(15-8-12(17)4-7-14(15)18)21-13-5-2-11(16)3-6-13/h2-8,10,20H,9H2,1H3. The Morgan fingerprint density at radius 1 is 1.19 bits per heavy atom. The third kappa shape index (κ3) is 4.09. The smallest absolute Gasteiger partial charge is 0.147 e. The first kappa shape index (κ1) is 16.1. The summed E-state index contributed by atoms with van der Waals surface area (Å²) < 4.78 is 28.9. The summed E-state index contributed by atoms with van der Waals surface area (Å²) in [6.45, 7) is 1.55. The summed E-state index contributed by atoms with van der Waals surface area (Å²) in [6, 6.07) is 9.86. The predicted molar refractivity (Wildman–Crippen MR) is 82.7 cm³/mol. The molecule has 0 saturated heterocycles. The van der Waals surface area contributed by atoms with Crippen LogP contribution < -0.4 is 4.31 Å². The fourth-order valence-corrected chi connectivity index (χ4v) is 2.81. The molecule has 1 atom stereocenters. The summed E-state index contributed by atoms with van der Waals surface area (Å²) in [6.07, 6.45) is 0. The van der Waals surface area contributed by atoms with E-state index in [1.54, 1.807) is 35.5 Å². The molecule has 1 N–H and O–H groups in total. The first-order valence-electron chi connectivity index (χ1n) is 6.30. The fraction of sp³-hybridized carbons (Fsp3) is 0.200. The van der Waals surface area contributed by atoms with E-state index < -0.39 is 11.6 Å². The highest BCUT2D eigenvalue weighted by Crippen LogP contribution is 2.33. The number of nitrogens with zero attached hydrogens (tertiary/aromatic N) is 1. The normalized spacial score (nSPS) is 12.2. The number of hydrogen-bond acceptors (Lipinski definition) is 3. The Labute approximate surface area is 131 Å². The molecule has 21 heavy (non-hydrogen) atoms. The molecule has 0 aliphatic rings. The molecule has 0 bridgehead atoms. The van der Waals surface area contributed by atoms with Crippen LogP contribution in [0.3, 0.4) is 0 Å². The van der Waals surface area contributed by atoms with Crippen molar-refractivity contribution >= 4 is 29.2 Å². The van der Waals surface area contributed by atoms with Crippen LogP contribution in [0.25, 0.3) is 0 Å². The summed E-state index contributed by atoms with van der Waals surface area (Å²) in [4.78, 5) is 0.809. The Balaban J connectivity index is 2.34. The minimum absolute atomic E-state index is 0.0940. The minimum Gasteiger partial charge on any atom is -0.394 e. The average Bonchev–Trinajstić information content (AvgIpc) is 2.48. The average molecular weight is 330 g/mol. The second-order valence-electron chi connectivity index (χ2n) is 4.50. The van der Waals surface area contributed by atoms with E-state index in [2.05, 4.69) is 0 Å². The Morgan fingerprint density at radius 2 is 1.86 bits per heavy atom. The van der Waals surface area contributed by atoms with E-state index in [1.807, 2.05) is 0 Å². The van der Waals surface area contributed by atoms with E-state index in [4.69, 9.17) is 11.6 Å². The van der Waals surface area contributed by atoms with Gasteiger partial charge in [-0.1, -0.05) is 11.6 Å². The summed E-state index contributed by atoms with van der Waals surface area (Å²) >= 11 is 7.04. The molecule has 0 spiro atoms. The van der Waals surface area contributed by atoms with Crippen LogP contribution in [-0.2, 0) is 0 Å². The zero-order valence-corrected chi connectivity index (χ0v) is 12.8.